The minimum atomic E-state index is -0.400. The van der Waals surface area contributed by atoms with Crippen molar-refractivity contribution in [2.24, 2.45) is 0 Å². The first-order valence-corrected chi connectivity index (χ1v) is 10.2. The molecule has 0 spiro atoms. The predicted molar refractivity (Wildman–Crippen MR) is 112 cm³/mol. The molecule has 2 atom stereocenters. The average molecular weight is 386 g/mol. The third-order valence-corrected chi connectivity index (χ3v) is 5.68. The molecule has 144 valence electrons. The Morgan fingerprint density at radius 2 is 1.59 bits per heavy atom. The summed E-state index contributed by atoms with van der Waals surface area (Å²) in [4.78, 5) is 1.69. The van der Waals surface area contributed by atoms with Gasteiger partial charge >= 0.3 is 0 Å². The van der Waals surface area contributed by atoms with Gasteiger partial charge in [-0.2, -0.15) is 4.80 Å². The standard InChI is InChI=1S/C22H28ClN3O/c1-5-15(6-2)16-10-17(20(7-3)14(4)27)12-19(11-16)26-24-21-9-8-18(23)13-22(21)25-26/h8-15,20,27H,5-7H2,1-4H3. The number of aromatic nitrogens is 3. The second kappa shape index (κ2) is 8.41. The lowest BCUT2D eigenvalue weighted by Crippen LogP contribution is -2.15. The summed E-state index contributed by atoms with van der Waals surface area (Å²) in [6.45, 7) is 8.41. The van der Waals surface area contributed by atoms with Crippen molar-refractivity contribution in [2.45, 2.75) is 64.9 Å². The first-order valence-electron chi connectivity index (χ1n) is 9.82. The van der Waals surface area contributed by atoms with E-state index in [1.165, 1.54) is 5.56 Å². The van der Waals surface area contributed by atoms with Gasteiger partial charge in [0.05, 0.1) is 11.8 Å². The van der Waals surface area contributed by atoms with Crippen LogP contribution in [0.15, 0.2) is 36.4 Å². The molecule has 2 aromatic carbocycles. The molecular weight excluding hydrogens is 358 g/mol. The van der Waals surface area contributed by atoms with Crippen LogP contribution >= 0.6 is 11.6 Å². The molecule has 3 rings (SSSR count). The van der Waals surface area contributed by atoms with Gasteiger partial charge in [0, 0.05) is 10.9 Å². The molecule has 0 amide bonds. The van der Waals surface area contributed by atoms with Crippen molar-refractivity contribution < 1.29 is 5.11 Å². The van der Waals surface area contributed by atoms with Crippen LogP contribution in [-0.2, 0) is 0 Å². The molecule has 0 radical (unpaired) electrons. The highest BCUT2D eigenvalue weighted by Gasteiger charge is 2.19. The molecule has 27 heavy (non-hydrogen) atoms. The zero-order valence-electron chi connectivity index (χ0n) is 16.5. The van der Waals surface area contributed by atoms with Gasteiger partial charge in [0.25, 0.3) is 0 Å². The fourth-order valence-corrected chi connectivity index (χ4v) is 4.01. The fraction of sp³-hybridized carbons (Fsp3) is 0.455. The Morgan fingerprint density at radius 1 is 0.926 bits per heavy atom. The van der Waals surface area contributed by atoms with E-state index in [1.807, 2.05) is 25.1 Å². The van der Waals surface area contributed by atoms with Crippen molar-refractivity contribution in [2.75, 3.05) is 0 Å². The molecule has 0 aliphatic heterocycles. The molecule has 0 bridgehead atoms. The van der Waals surface area contributed by atoms with Gasteiger partial charge in [-0.25, -0.2) is 0 Å². The Kier molecular flexibility index (Phi) is 6.18. The van der Waals surface area contributed by atoms with Crippen LogP contribution in [0.2, 0.25) is 5.02 Å². The number of aliphatic hydroxyl groups excluding tert-OH is 1. The van der Waals surface area contributed by atoms with Crippen LogP contribution in [0.5, 0.6) is 0 Å². The summed E-state index contributed by atoms with van der Waals surface area (Å²) in [5, 5.41) is 20.2. The fourth-order valence-electron chi connectivity index (χ4n) is 3.84. The van der Waals surface area contributed by atoms with Gasteiger partial charge in [0.1, 0.15) is 11.0 Å². The first kappa shape index (κ1) is 19.8. The van der Waals surface area contributed by atoms with Gasteiger partial charge in [0.15, 0.2) is 0 Å². The summed E-state index contributed by atoms with van der Waals surface area (Å²) in [5.74, 6) is 0.576. The number of aliphatic hydroxyl groups is 1. The number of nitrogens with zero attached hydrogens (tertiary/aromatic N) is 3. The van der Waals surface area contributed by atoms with Crippen molar-refractivity contribution in [3.05, 3.63) is 52.5 Å². The van der Waals surface area contributed by atoms with Gasteiger partial charge in [-0.15, -0.1) is 10.2 Å². The topological polar surface area (TPSA) is 50.9 Å². The van der Waals surface area contributed by atoms with Gasteiger partial charge in [-0.3, -0.25) is 0 Å². The van der Waals surface area contributed by atoms with E-state index in [9.17, 15) is 5.11 Å². The van der Waals surface area contributed by atoms with Crippen LogP contribution in [0.3, 0.4) is 0 Å². The molecule has 1 N–H and O–H groups in total. The van der Waals surface area contributed by atoms with Crippen molar-refractivity contribution in [1.29, 1.82) is 0 Å². The zero-order chi connectivity index (χ0) is 19.6. The van der Waals surface area contributed by atoms with Gasteiger partial charge in [-0.05, 0) is 73.6 Å². The molecule has 1 heterocycles. The van der Waals surface area contributed by atoms with Gasteiger partial charge in [0.2, 0.25) is 0 Å². The summed E-state index contributed by atoms with van der Waals surface area (Å²) in [6, 6.07) is 12.1. The normalized spacial score (nSPS) is 14.0. The van der Waals surface area contributed by atoms with E-state index < -0.39 is 6.10 Å². The third-order valence-electron chi connectivity index (χ3n) is 5.44. The molecule has 0 saturated heterocycles. The van der Waals surface area contributed by atoms with E-state index in [4.69, 9.17) is 11.6 Å². The smallest absolute Gasteiger partial charge is 0.115 e. The number of rotatable bonds is 7. The summed E-state index contributed by atoms with van der Waals surface area (Å²) in [7, 11) is 0. The van der Waals surface area contributed by atoms with Crippen molar-refractivity contribution in [3.8, 4) is 5.69 Å². The monoisotopic (exact) mass is 385 g/mol. The summed E-state index contributed by atoms with van der Waals surface area (Å²) < 4.78 is 0. The summed E-state index contributed by atoms with van der Waals surface area (Å²) in [6.07, 6.45) is 2.64. The molecule has 0 fully saturated rings. The van der Waals surface area contributed by atoms with Crippen molar-refractivity contribution in [1.82, 2.24) is 15.0 Å². The van der Waals surface area contributed by atoms with Gasteiger partial charge < -0.3 is 5.11 Å². The summed E-state index contributed by atoms with van der Waals surface area (Å²) >= 11 is 6.09. The van der Waals surface area contributed by atoms with E-state index in [-0.39, 0.29) is 5.92 Å². The number of hydrogen-bond donors (Lipinski definition) is 1. The SMILES string of the molecule is CCC(CC)c1cc(C(CC)C(C)O)cc(-n2nc3ccc(Cl)cc3n2)c1. The lowest BCUT2D eigenvalue weighted by atomic mass is 9.86. The van der Waals surface area contributed by atoms with E-state index in [2.05, 4.69) is 49.2 Å². The maximum atomic E-state index is 10.3. The average Bonchev–Trinajstić information content (AvgIpc) is 3.06. The minimum Gasteiger partial charge on any atom is -0.393 e. The number of benzene rings is 2. The number of fused-ring (bicyclic) bond motifs is 1. The first-order chi connectivity index (χ1) is 13.0. The predicted octanol–water partition coefficient (Wildman–Crippen LogP) is 5.85. The number of hydrogen-bond acceptors (Lipinski definition) is 3. The van der Waals surface area contributed by atoms with E-state index in [0.717, 1.165) is 41.5 Å². The molecular formula is C22H28ClN3O. The minimum absolute atomic E-state index is 0.0949. The van der Waals surface area contributed by atoms with Crippen molar-refractivity contribution >= 4 is 22.6 Å². The zero-order valence-corrected chi connectivity index (χ0v) is 17.2. The molecule has 0 aliphatic rings. The molecule has 0 aliphatic carbocycles. The Bertz CT molecular complexity index is 915. The van der Waals surface area contributed by atoms with E-state index in [1.54, 1.807) is 4.80 Å². The highest BCUT2D eigenvalue weighted by atomic mass is 35.5. The lowest BCUT2D eigenvalue weighted by molar-refractivity contribution is 0.159. The van der Waals surface area contributed by atoms with Gasteiger partial charge in [-0.1, -0.05) is 38.4 Å². The third kappa shape index (κ3) is 4.17. The van der Waals surface area contributed by atoms with E-state index >= 15 is 0 Å². The Balaban J connectivity index is 2.15. The molecule has 1 aromatic heterocycles. The highest BCUT2D eigenvalue weighted by Crippen LogP contribution is 2.32. The molecule has 3 aromatic rings. The van der Waals surface area contributed by atoms with Crippen LogP contribution in [0.4, 0.5) is 0 Å². The summed E-state index contributed by atoms with van der Waals surface area (Å²) in [5.41, 5.74) is 4.95. The van der Waals surface area contributed by atoms with Crippen LogP contribution < -0.4 is 0 Å². The van der Waals surface area contributed by atoms with Crippen LogP contribution in [0, 0.1) is 0 Å². The maximum absolute atomic E-state index is 10.3. The number of halogens is 1. The van der Waals surface area contributed by atoms with Crippen LogP contribution in [0.1, 0.15) is 69.9 Å². The second-order valence-corrected chi connectivity index (χ2v) is 7.69. The highest BCUT2D eigenvalue weighted by molar-refractivity contribution is 6.31. The Labute approximate surface area is 166 Å². The quantitative estimate of drug-likeness (QED) is 0.554. The molecule has 2 unspecified atom stereocenters. The molecule has 4 nitrogen and oxygen atoms in total. The van der Waals surface area contributed by atoms with E-state index in [0.29, 0.717) is 10.9 Å². The Morgan fingerprint density at radius 3 is 2.22 bits per heavy atom. The second-order valence-electron chi connectivity index (χ2n) is 7.25. The molecule has 0 saturated carbocycles. The molecule has 5 heteroatoms. The Hall–Kier alpha value is -1.91. The largest absolute Gasteiger partial charge is 0.393 e. The van der Waals surface area contributed by atoms with Crippen LogP contribution in [-0.4, -0.2) is 26.2 Å². The van der Waals surface area contributed by atoms with Crippen molar-refractivity contribution in [3.63, 3.8) is 0 Å². The van der Waals surface area contributed by atoms with Crippen LogP contribution in [0.25, 0.3) is 16.7 Å². The maximum Gasteiger partial charge on any atom is 0.115 e. The lowest BCUT2D eigenvalue weighted by Gasteiger charge is -2.22.